The number of hydrogen-bond acceptors (Lipinski definition) is 4. The van der Waals surface area contributed by atoms with Crippen LogP contribution in [0.1, 0.15) is 11.1 Å². The number of benzene rings is 2. The lowest BCUT2D eigenvalue weighted by Gasteiger charge is -2.23. The smallest absolute Gasteiger partial charge is 0.203 e. The Labute approximate surface area is 165 Å². The maximum Gasteiger partial charge on any atom is 0.203 e. The van der Waals surface area contributed by atoms with Crippen LogP contribution in [0.4, 0.5) is 0 Å². The molecule has 2 rings (SSSR count). The lowest BCUT2D eigenvalue weighted by Crippen LogP contribution is -2.38. The molecular formula is C20H26ClN3O3. The van der Waals surface area contributed by atoms with Crippen molar-refractivity contribution in [2.75, 3.05) is 35.4 Å². The highest BCUT2D eigenvalue weighted by Gasteiger charge is 2.16. The Kier molecular flexibility index (Phi) is 7.61. The lowest BCUT2D eigenvalue weighted by molar-refractivity contribution is 0.322. The van der Waals surface area contributed by atoms with E-state index < -0.39 is 0 Å². The van der Waals surface area contributed by atoms with Crippen molar-refractivity contribution in [3.8, 4) is 17.2 Å². The first-order chi connectivity index (χ1) is 13.0. The highest BCUT2D eigenvalue weighted by atomic mass is 35.5. The molecule has 0 unspecified atom stereocenters. The van der Waals surface area contributed by atoms with Gasteiger partial charge in [0.1, 0.15) is 0 Å². The van der Waals surface area contributed by atoms with Crippen LogP contribution in [0, 0.1) is 0 Å². The van der Waals surface area contributed by atoms with E-state index in [2.05, 4.69) is 10.3 Å². The predicted octanol–water partition coefficient (Wildman–Crippen LogP) is 3.57. The van der Waals surface area contributed by atoms with Crippen molar-refractivity contribution < 1.29 is 14.2 Å². The second kappa shape index (κ2) is 9.92. The molecule has 0 saturated carbocycles. The van der Waals surface area contributed by atoms with E-state index in [1.807, 2.05) is 48.3 Å². The second-order valence-electron chi connectivity index (χ2n) is 5.88. The maximum absolute atomic E-state index is 5.95. The van der Waals surface area contributed by atoms with E-state index in [-0.39, 0.29) is 0 Å². The number of ether oxygens (including phenoxy) is 3. The summed E-state index contributed by atoms with van der Waals surface area (Å²) in [6, 6.07) is 11.6. The van der Waals surface area contributed by atoms with E-state index in [9.17, 15) is 0 Å². The number of hydrogen-bond donors (Lipinski definition) is 1. The normalized spacial score (nSPS) is 11.1. The van der Waals surface area contributed by atoms with Gasteiger partial charge in [-0.25, -0.2) is 0 Å². The summed E-state index contributed by atoms with van der Waals surface area (Å²) in [4.78, 5) is 6.40. The van der Waals surface area contributed by atoms with Gasteiger partial charge in [0.25, 0.3) is 0 Å². The monoisotopic (exact) mass is 391 g/mol. The number of halogens is 1. The van der Waals surface area contributed by atoms with Crippen LogP contribution in [0.25, 0.3) is 0 Å². The molecule has 0 heterocycles. The molecule has 27 heavy (non-hydrogen) atoms. The molecule has 0 aliphatic rings. The Hall–Kier alpha value is -2.60. The van der Waals surface area contributed by atoms with Crippen LogP contribution in [0.3, 0.4) is 0 Å². The maximum atomic E-state index is 5.95. The molecule has 7 heteroatoms. The van der Waals surface area contributed by atoms with Crippen LogP contribution in [-0.2, 0) is 13.1 Å². The van der Waals surface area contributed by atoms with Crippen molar-refractivity contribution in [2.24, 2.45) is 4.99 Å². The zero-order valence-corrected chi connectivity index (χ0v) is 17.1. The van der Waals surface area contributed by atoms with Crippen LogP contribution in [0.5, 0.6) is 17.2 Å². The summed E-state index contributed by atoms with van der Waals surface area (Å²) in [6.07, 6.45) is 0. The summed E-state index contributed by atoms with van der Waals surface area (Å²) in [7, 11) is 8.55. The van der Waals surface area contributed by atoms with E-state index in [4.69, 9.17) is 25.8 Å². The number of guanidine groups is 1. The van der Waals surface area contributed by atoms with Crippen molar-refractivity contribution in [1.29, 1.82) is 0 Å². The van der Waals surface area contributed by atoms with Gasteiger partial charge in [0.15, 0.2) is 17.5 Å². The third kappa shape index (κ3) is 5.20. The zero-order valence-electron chi connectivity index (χ0n) is 16.4. The predicted molar refractivity (Wildman–Crippen MR) is 109 cm³/mol. The summed E-state index contributed by atoms with van der Waals surface area (Å²) in [6.45, 7) is 1.24. The molecule has 0 fully saturated rings. The second-order valence-corrected chi connectivity index (χ2v) is 6.31. The van der Waals surface area contributed by atoms with Gasteiger partial charge in [0, 0.05) is 37.8 Å². The number of nitrogens with zero attached hydrogens (tertiary/aromatic N) is 2. The van der Waals surface area contributed by atoms with Crippen molar-refractivity contribution in [3.05, 3.63) is 52.5 Å². The molecule has 0 radical (unpaired) electrons. The molecule has 0 aromatic heterocycles. The van der Waals surface area contributed by atoms with Crippen LogP contribution in [0.15, 0.2) is 41.4 Å². The molecule has 0 saturated heterocycles. The number of methoxy groups -OCH3 is 3. The fourth-order valence-electron chi connectivity index (χ4n) is 2.80. The quantitative estimate of drug-likeness (QED) is 0.577. The molecule has 0 amide bonds. The number of aliphatic imine (C=N–C) groups is 1. The van der Waals surface area contributed by atoms with Gasteiger partial charge in [-0.05, 0) is 29.8 Å². The molecule has 0 aliphatic heterocycles. The van der Waals surface area contributed by atoms with Crippen LogP contribution >= 0.6 is 11.6 Å². The first-order valence-electron chi connectivity index (χ1n) is 8.48. The van der Waals surface area contributed by atoms with Crippen molar-refractivity contribution in [1.82, 2.24) is 10.2 Å². The van der Waals surface area contributed by atoms with Crippen LogP contribution in [-0.4, -0.2) is 46.3 Å². The van der Waals surface area contributed by atoms with Crippen LogP contribution in [0.2, 0.25) is 5.02 Å². The van der Waals surface area contributed by atoms with Gasteiger partial charge < -0.3 is 24.4 Å². The standard InChI is InChI=1S/C20H26ClN3O3/c1-22-20(24(2)13-14-6-9-16(21)10-7-14)23-12-15-8-11-17(25-3)19(27-5)18(15)26-4/h6-11H,12-13H2,1-5H3,(H,22,23). The molecule has 6 nitrogen and oxygen atoms in total. The molecule has 0 spiro atoms. The Bertz CT molecular complexity index is 779. The SMILES string of the molecule is CN=C(NCc1ccc(OC)c(OC)c1OC)N(C)Cc1ccc(Cl)cc1. The van der Waals surface area contributed by atoms with E-state index in [1.54, 1.807) is 28.4 Å². The Morgan fingerprint density at radius 3 is 2.22 bits per heavy atom. The van der Waals surface area contributed by atoms with Crippen LogP contribution < -0.4 is 19.5 Å². The third-order valence-corrected chi connectivity index (χ3v) is 4.38. The summed E-state index contributed by atoms with van der Waals surface area (Å²) >= 11 is 5.95. The van der Waals surface area contributed by atoms with Crippen molar-refractivity contribution in [3.63, 3.8) is 0 Å². The third-order valence-electron chi connectivity index (χ3n) is 4.13. The average Bonchev–Trinajstić information content (AvgIpc) is 2.69. The summed E-state index contributed by atoms with van der Waals surface area (Å²) in [5.41, 5.74) is 2.09. The molecule has 146 valence electrons. The van der Waals surface area contributed by atoms with Gasteiger partial charge in [-0.15, -0.1) is 0 Å². The first kappa shape index (κ1) is 20.7. The van der Waals surface area contributed by atoms with E-state index in [1.165, 1.54) is 0 Å². The highest BCUT2D eigenvalue weighted by molar-refractivity contribution is 6.30. The number of nitrogens with one attached hydrogen (secondary N) is 1. The largest absolute Gasteiger partial charge is 0.493 e. The molecule has 1 N–H and O–H groups in total. The Morgan fingerprint density at radius 2 is 1.67 bits per heavy atom. The minimum atomic E-state index is 0.529. The van der Waals surface area contributed by atoms with E-state index >= 15 is 0 Å². The zero-order chi connectivity index (χ0) is 19.8. The van der Waals surface area contributed by atoms with Gasteiger partial charge in [-0.3, -0.25) is 4.99 Å². The molecule has 0 atom stereocenters. The van der Waals surface area contributed by atoms with Gasteiger partial charge >= 0.3 is 0 Å². The van der Waals surface area contributed by atoms with Crippen molar-refractivity contribution >= 4 is 17.6 Å². The topological polar surface area (TPSA) is 55.3 Å². The molecule has 2 aromatic rings. The van der Waals surface area contributed by atoms with E-state index in [0.717, 1.165) is 22.1 Å². The average molecular weight is 392 g/mol. The van der Waals surface area contributed by atoms with E-state index in [0.29, 0.717) is 30.3 Å². The fraction of sp³-hybridized carbons (Fsp3) is 0.350. The van der Waals surface area contributed by atoms with Gasteiger partial charge in [-0.2, -0.15) is 0 Å². The molecule has 0 aliphatic carbocycles. The molecular weight excluding hydrogens is 366 g/mol. The highest BCUT2D eigenvalue weighted by Crippen LogP contribution is 2.39. The van der Waals surface area contributed by atoms with Crippen molar-refractivity contribution in [2.45, 2.75) is 13.1 Å². The van der Waals surface area contributed by atoms with Gasteiger partial charge in [0.2, 0.25) is 5.75 Å². The first-order valence-corrected chi connectivity index (χ1v) is 8.85. The minimum absolute atomic E-state index is 0.529. The molecule has 2 aromatic carbocycles. The summed E-state index contributed by atoms with van der Waals surface area (Å²) < 4.78 is 16.3. The summed E-state index contributed by atoms with van der Waals surface area (Å²) in [5, 5.41) is 4.08. The number of rotatable bonds is 7. The van der Waals surface area contributed by atoms with Gasteiger partial charge in [0.05, 0.1) is 21.3 Å². The fourth-order valence-corrected chi connectivity index (χ4v) is 2.93. The Morgan fingerprint density at radius 1 is 1.00 bits per heavy atom. The van der Waals surface area contributed by atoms with Gasteiger partial charge in [-0.1, -0.05) is 23.7 Å². The lowest BCUT2D eigenvalue weighted by atomic mass is 10.1. The molecule has 0 bridgehead atoms. The minimum Gasteiger partial charge on any atom is -0.493 e. The summed E-state index contributed by atoms with van der Waals surface area (Å²) in [5.74, 6) is 2.60. The Balaban J connectivity index is 2.10.